The van der Waals surface area contributed by atoms with E-state index in [1.165, 1.54) is 47.0 Å². The molecule has 2 aromatic carbocycles. The standard InChI is InChI=1S/C26H29F3N2O4S/c1-4-5-15-35-16-14-20-17-22(25(32)30-19-10-12-21(13-11-19)36(3,33)34)18(2)31(20)24-9-7-6-8-23(24)26(27,28)29/h6-13,17H,4-5,14-16H2,1-3H3,(H,30,32). The number of hydrogen-bond acceptors (Lipinski definition) is 4. The van der Waals surface area contributed by atoms with E-state index in [1.54, 1.807) is 13.0 Å². The summed E-state index contributed by atoms with van der Waals surface area (Å²) in [5.74, 6) is -0.518. The van der Waals surface area contributed by atoms with Crippen LogP contribution in [0.3, 0.4) is 0 Å². The third-order valence-corrected chi connectivity index (χ3v) is 6.83. The number of halogens is 3. The predicted molar refractivity (Wildman–Crippen MR) is 132 cm³/mol. The van der Waals surface area contributed by atoms with Gasteiger partial charge in [0, 0.05) is 36.4 Å². The Labute approximate surface area is 209 Å². The Hall–Kier alpha value is -3.11. The Bertz CT molecular complexity index is 1310. The molecule has 0 aliphatic rings. The van der Waals surface area contributed by atoms with Gasteiger partial charge in [0.15, 0.2) is 9.84 Å². The number of nitrogens with zero attached hydrogens (tertiary/aromatic N) is 1. The summed E-state index contributed by atoms with van der Waals surface area (Å²) in [5.41, 5.74) is 0.559. The predicted octanol–water partition coefficient (Wildman–Crippen LogP) is 5.82. The number of amides is 1. The fourth-order valence-corrected chi connectivity index (χ4v) is 4.47. The number of para-hydroxylation sites is 1. The average molecular weight is 523 g/mol. The van der Waals surface area contributed by atoms with Crippen molar-refractivity contribution in [3.8, 4) is 5.69 Å². The van der Waals surface area contributed by atoms with E-state index in [-0.39, 0.29) is 16.1 Å². The third kappa shape index (κ3) is 6.55. The molecule has 194 valence electrons. The van der Waals surface area contributed by atoms with Crippen LogP contribution in [0.4, 0.5) is 18.9 Å². The Balaban J connectivity index is 1.98. The lowest BCUT2D eigenvalue weighted by atomic mass is 10.1. The SMILES string of the molecule is CCCCOCCc1cc(C(=O)Nc2ccc(S(C)(=O)=O)cc2)c(C)n1-c1ccccc1C(F)(F)F. The number of nitrogens with one attached hydrogen (secondary N) is 1. The van der Waals surface area contributed by atoms with E-state index in [1.807, 2.05) is 6.92 Å². The van der Waals surface area contributed by atoms with Gasteiger partial charge in [-0.25, -0.2) is 8.42 Å². The molecule has 1 heterocycles. The van der Waals surface area contributed by atoms with Crippen LogP contribution in [0.5, 0.6) is 0 Å². The molecular formula is C26H29F3N2O4S. The van der Waals surface area contributed by atoms with Gasteiger partial charge in [0.2, 0.25) is 0 Å². The molecule has 0 fully saturated rings. The summed E-state index contributed by atoms with van der Waals surface area (Å²) in [6, 6.07) is 12.5. The molecule has 0 unspecified atom stereocenters. The van der Waals surface area contributed by atoms with Crippen LogP contribution in [-0.2, 0) is 27.2 Å². The van der Waals surface area contributed by atoms with Crippen LogP contribution in [0, 0.1) is 6.92 Å². The lowest BCUT2D eigenvalue weighted by Gasteiger charge is -2.18. The Morgan fingerprint density at radius 1 is 1.06 bits per heavy atom. The van der Waals surface area contributed by atoms with Gasteiger partial charge in [0.05, 0.1) is 28.3 Å². The van der Waals surface area contributed by atoms with Crippen LogP contribution < -0.4 is 5.32 Å². The molecule has 3 aromatic rings. The monoisotopic (exact) mass is 522 g/mol. The number of carbonyl (C=O) groups is 1. The van der Waals surface area contributed by atoms with Gasteiger partial charge in [-0.15, -0.1) is 0 Å². The number of carbonyl (C=O) groups excluding carboxylic acids is 1. The minimum atomic E-state index is -4.58. The maximum Gasteiger partial charge on any atom is 0.418 e. The number of unbranched alkanes of at least 4 members (excludes halogenated alkanes) is 1. The molecule has 6 nitrogen and oxygen atoms in total. The van der Waals surface area contributed by atoms with Gasteiger partial charge in [0.25, 0.3) is 5.91 Å². The Morgan fingerprint density at radius 3 is 2.33 bits per heavy atom. The van der Waals surface area contributed by atoms with Crippen molar-refractivity contribution < 1.29 is 31.1 Å². The summed E-state index contributed by atoms with van der Waals surface area (Å²) in [6.07, 6.45) is -1.34. The minimum absolute atomic E-state index is 0.0670. The summed E-state index contributed by atoms with van der Waals surface area (Å²) >= 11 is 0. The van der Waals surface area contributed by atoms with Crippen molar-refractivity contribution in [2.24, 2.45) is 0 Å². The first-order chi connectivity index (χ1) is 16.9. The van der Waals surface area contributed by atoms with Gasteiger partial charge in [-0.1, -0.05) is 25.5 Å². The molecule has 10 heteroatoms. The van der Waals surface area contributed by atoms with Crippen molar-refractivity contribution >= 4 is 21.4 Å². The van der Waals surface area contributed by atoms with Crippen molar-refractivity contribution in [1.82, 2.24) is 4.57 Å². The highest BCUT2D eigenvalue weighted by molar-refractivity contribution is 7.90. The zero-order valence-electron chi connectivity index (χ0n) is 20.4. The molecule has 1 N–H and O–H groups in total. The lowest BCUT2D eigenvalue weighted by Crippen LogP contribution is -2.15. The molecule has 1 amide bonds. The molecule has 3 rings (SSSR count). The highest BCUT2D eigenvalue weighted by Crippen LogP contribution is 2.35. The number of anilines is 1. The molecule has 1 aromatic heterocycles. The molecule has 0 aliphatic carbocycles. The van der Waals surface area contributed by atoms with Gasteiger partial charge in [-0.3, -0.25) is 4.79 Å². The van der Waals surface area contributed by atoms with Crippen LogP contribution in [0.15, 0.2) is 59.5 Å². The number of alkyl halides is 3. The summed E-state index contributed by atoms with van der Waals surface area (Å²) in [4.78, 5) is 13.2. The Kier molecular flexibility index (Phi) is 8.63. The van der Waals surface area contributed by atoms with Crippen LogP contribution in [0.25, 0.3) is 5.69 Å². The molecule has 0 saturated carbocycles. The van der Waals surface area contributed by atoms with Gasteiger partial charge in [-0.2, -0.15) is 13.2 Å². The molecule has 0 saturated heterocycles. The van der Waals surface area contributed by atoms with Gasteiger partial charge >= 0.3 is 6.18 Å². The number of benzene rings is 2. The lowest BCUT2D eigenvalue weighted by molar-refractivity contribution is -0.137. The molecule has 0 bridgehead atoms. The molecule has 0 atom stereocenters. The van der Waals surface area contributed by atoms with E-state index in [0.29, 0.717) is 36.7 Å². The molecular weight excluding hydrogens is 493 g/mol. The summed E-state index contributed by atoms with van der Waals surface area (Å²) in [6.45, 7) is 4.47. The first kappa shape index (κ1) is 27.5. The van der Waals surface area contributed by atoms with E-state index in [0.717, 1.165) is 25.2 Å². The van der Waals surface area contributed by atoms with E-state index in [4.69, 9.17) is 4.74 Å². The highest BCUT2D eigenvalue weighted by atomic mass is 32.2. The van der Waals surface area contributed by atoms with Crippen molar-refractivity contribution in [2.45, 2.75) is 44.2 Å². The van der Waals surface area contributed by atoms with Crippen LogP contribution >= 0.6 is 0 Å². The number of aromatic nitrogens is 1. The number of hydrogen-bond donors (Lipinski definition) is 1. The summed E-state index contributed by atoms with van der Waals surface area (Å²) < 4.78 is 71.8. The average Bonchev–Trinajstić information content (AvgIpc) is 3.14. The van der Waals surface area contributed by atoms with Gasteiger partial charge < -0.3 is 14.6 Å². The van der Waals surface area contributed by atoms with Crippen LogP contribution in [0.2, 0.25) is 0 Å². The molecule has 0 aliphatic heterocycles. The van der Waals surface area contributed by atoms with Crippen LogP contribution in [-0.4, -0.2) is 38.4 Å². The zero-order chi connectivity index (χ0) is 26.5. The summed E-state index contributed by atoms with van der Waals surface area (Å²) in [7, 11) is -3.39. The maximum atomic E-state index is 13.8. The smallest absolute Gasteiger partial charge is 0.381 e. The Morgan fingerprint density at radius 2 is 1.72 bits per heavy atom. The highest BCUT2D eigenvalue weighted by Gasteiger charge is 2.34. The second-order valence-corrected chi connectivity index (χ2v) is 10.5. The number of sulfone groups is 1. The number of ether oxygens (including phenoxy) is 1. The third-order valence-electron chi connectivity index (χ3n) is 5.70. The van der Waals surface area contributed by atoms with Crippen molar-refractivity contribution in [1.29, 1.82) is 0 Å². The van der Waals surface area contributed by atoms with Crippen LogP contribution in [0.1, 0.15) is 47.1 Å². The van der Waals surface area contributed by atoms with Crippen molar-refractivity contribution in [3.63, 3.8) is 0 Å². The first-order valence-electron chi connectivity index (χ1n) is 11.5. The molecule has 0 spiro atoms. The van der Waals surface area contributed by atoms with Gasteiger partial charge in [-0.05, 0) is 55.8 Å². The zero-order valence-corrected chi connectivity index (χ0v) is 21.2. The van der Waals surface area contributed by atoms with Gasteiger partial charge in [0.1, 0.15) is 0 Å². The maximum absolute atomic E-state index is 13.8. The minimum Gasteiger partial charge on any atom is -0.381 e. The van der Waals surface area contributed by atoms with E-state index < -0.39 is 27.5 Å². The second kappa shape index (κ2) is 11.3. The summed E-state index contributed by atoms with van der Waals surface area (Å²) in [5, 5.41) is 2.70. The topological polar surface area (TPSA) is 77.4 Å². The second-order valence-electron chi connectivity index (χ2n) is 8.45. The van der Waals surface area contributed by atoms with E-state index in [2.05, 4.69) is 5.32 Å². The van der Waals surface area contributed by atoms with Crippen molar-refractivity contribution in [3.05, 3.63) is 77.1 Å². The quantitative estimate of drug-likeness (QED) is 0.341. The fraction of sp³-hybridized carbons (Fsp3) is 0.346. The largest absolute Gasteiger partial charge is 0.418 e. The number of rotatable bonds is 10. The molecule has 0 radical (unpaired) electrons. The normalized spacial score (nSPS) is 12.1. The first-order valence-corrected chi connectivity index (χ1v) is 13.4. The van der Waals surface area contributed by atoms with Crippen molar-refractivity contribution in [2.75, 3.05) is 24.8 Å². The van der Waals surface area contributed by atoms with E-state index >= 15 is 0 Å². The fourth-order valence-electron chi connectivity index (χ4n) is 3.84. The van der Waals surface area contributed by atoms with E-state index in [9.17, 15) is 26.4 Å². The molecule has 36 heavy (non-hydrogen) atoms.